The molecule has 2 heterocycles. The first-order valence-electron chi connectivity index (χ1n) is 11.4. The van der Waals surface area contributed by atoms with E-state index in [1.165, 1.54) is 22.3 Å². The average Bonchev–Trinajstić information content (AvgIpc) is 3.27. The first kappa shape index (κ1) is 20.8. The Morgan fingerprint density at radius 3 is 2.09 bits per heavy atom. The highest BCUT2D eigenvalue weighted by Crippen LogP contribution is 2.44. The highest BCUT2D eigenvalue weighted by Gasteiger charge is 2.46. The van der Waals surface area contributed by atoms with E-state index in [1.54, 1.807) is 9.80 Å². The van der Waals surface area contributed by atoms with E-state index < -0.39 is 6.09 Å². The van der Waals surface area contributed by atoms with Crippen LogP contribution in [-0.4, -0.2) is 64.9 Å². The molecule has 0 radical (unpaired) electrons. The SMILES string of the molecule is NCCN(C(=O)OCC1c2ccccc2-c2ccccc21)C1CC2CCC(C1)N2C(=O)O. The number of rotatable bonds is 5. The highest BCUT2D eigenvalue weighted by molar-refractivity contribution is 5.79. The number of carboxylic acid groups (broad SMARTS) is 1. The van der Waals surface area contributed by atoms with Gasteiger partial charge in [0.05, 0.1) is 0 Å². The minimum absolute atomic E-state index is 0.0103. The van der Waals surface area contributed by atoms with Crippen LogP contribution in [0.4, 0.5) is 9.59 Å². The average molecular weight is 436 g/mol. The van der Waals surface area contributed by atoms with Crippen molar-refractivity contribution in [1.29, 1.82) is 0 Å². The maximum Gasteiger partial charge on any atom is 0.410 e. The zero-order chi connectivity index (χ0) is 22.2. The Kier molecular flexibility index (Phi) is 5.51. The maximum atomic E-state index is 13.2. The number of nitrogens with two attached hydrogens (primary N) is 1. The number of carbonyl (C=O) groups excluding carboxylic acids is 1. The molecule has 2 saturated heterocycles. The minimum atomic E-state index is -0.859. The zero-order valence-electron chi connectivity index (χ0n) is 18.0. The van der Waals surface area contributed by atoms with E-state index in [0.717, 1.165) is 12.8 Å². The van der Waals surface area contributed by atoms with Crippen LogP contribution in [-0.2, 0) is 4.74 Å². The number of carbonyl (C=O) groups is 2. The Hall–Kier alpha value is -3.06. The summed E-state index contributed by atoms with van der Waals surface area (Å²) in [6.45, 7) is 1.03. The van der Waals surface area contributed by atoms with E-state index in [4.69, 9.17) is 10.5 Å². The maximum absolute atomic E-state index is 13.2. The second kappa shape index (κ2) is 8.47. The van der Waals surface area contributed by atoms with Crippen molar-refractivity contribution in [3.05, 3.63) is 59.7 Å². The van der Waals surface area contributed by atoms with Crippen LogP contribution >= 0.6 is 0 Å². The lowest BCUT2D eigenvalue weighted by molar-refractivity contribution is 0.0435. The molecule has 0 spiro atoms. The van der Waals surface area contributed by atoms with Crippen LogP contribution in [0.15, 0.2) is 48.5 Å². The summed E-state index contributed by atoms with van der Waals surface area (Å²) >= 11 is 0. The molecule has 2 aromatic carbocycles. The number of fused-ring (bicyclic) bond motifs is 5. The molecule has 2 unspecified atom stereocenters. The number of benzene rings is 2. The molecule has 3 N–H and O–H groups in total. The van der Waals surface area contributed by atoms with Crippen LogP contribution in [0.1, 0.15) is 42.7 Å². The molecule has 168 valence electrons. The summed E-state index contributed by atoms with van der Waals surface area (Å²) < 4.78 is 5.87. The molecule has 3 aliphatic rings. The van der Waals surface area contributed by atoms with Gasteiger partial charge in [0.1, 0.15) is 6.61 Å². The van der Waals surface area contributed by atoms with Gasteiger partial charge in [-0.1, -0.05) is 48.5 Å². The van der Waals surface area contributed by atoms with Gasteiger partial charge in [0.25, 0.3) is 0 Å². The molecule has 32 heavy (non-hydrogen) atoms. The summed E-state index contributed by atoms with van der Waals surface area (Å²) in [4.78, 5) is 28.1. The van der Waals surface area contributed by atoms with Crippen molar-refractivity contribution in [3.8, 4) is 11.1 Å². The van der Waals surface area contributed by atoms with Gasteiger partial charge in [0.2, 0.25) is 0 Å². The predicted molar refractivity (Wildman–Crippen MR) is 121 cm³/mol. The molecule has 7 nitrogen and oxygen atoms in total. The van der Waals surface area contributed by atoms with Gasteiger partial charge in [-0.15, -0.1) is 0 Å². The molecule has 2 aliphatic heterocycles. The Balaban J connectivity index is 1.30. The number of amides is 2. The van der Waals surface area contributed by atoms with Crippen molar-refractivity contribution >= 4 is 12.2 Å². The van der Waals surface area contributed by atoms with Crippen LogP contribution in [0.5, 0.6) is 0 Å². The molecule has 7 heteroatoms. The second-order valence-corrected chi connectivity index (χ2v) is 8.99. The van der Waals surface area contributed by atoms with Crippen molar-refractivity contribution in [1.82, 2.24) is 9.80 Å². The molecule has 2 bridgehead atoms. The molecule has 5 rings (SSSR count). The van der Waals surface area contributed by atoms with Gasteiger partial charge in [0.15, 0.2) is 0 Å². The van der Waals surface area contributed by atoms with Gasteiger partial charge >= 0.3 is 12.2 Å². The van der Waals surface area contributed by atoms with Gasteiger partial charge in [-0.3, -0.25) is 0 Å². The molecule has 0 saturated carbocycles. The highest BCUT2D eigenvalue weighted by atomic mass is 16.6. The van der Waals surface area contributed by atoms with Crippen molar-refractivity contribution in [2.24, 2.45) is 5.73 Å². The zero-order valence-corrected chi connectivity index (χ0v) is 18.0. The summed E-state index contributed by atoms with van der Waals surface area (Å²) in [5.74, 6) is 0.0103. The lowest BCUT2D eigenvalue weighted by Gasteiger charge is -2.41. The van der Waals surface area contributed by atoms with E-state index in [9.17, 15) is 14.7 Å². The summed E-state index contributed by atoms with van der Waals surface area (Å²) in [6, 6.07) is 16.4. The molecule has 1 aliphatic carbocycles. The molecular weight excluding hydrogens is 406 g/mol. The third kappa shape index (κ3) is 3.50. The standard InChI is InChI=1S/C25H29N3O4/c26-11-12-27(18-13-16-9-10-17(14-18)28(16)24(29)30)25(31)32-15-23-21-7-3-1-5-19(21)20-6-2-4-8-22(20)23/h1-8,16-18,23H,9-15,26H2,(H,29,30). The van der Waals surface area contributed by atoms with Gasteiger partial charge in [-0.2, -0.15) is 0 Å². The summed E-state index contributed by atoms with van der Waals surface area (Å²) in [5, 5.41) is 9.52. The Morgan fingerprint density at radius 2 is 1.56 bits per heavy atom. The third-order valence-electron chi connectivity index (χ3n) is 7.31. The number of piperidine rings is 1. The smallest absolute Gasteiger partial charge is 0.410 e. The molecule has 2 aromatic rings. The Bertz CT molecular complexity index is 966. The van der Waals surface area contributed by atoms with Gasteiger partial charge in [0, 0.05) is 37.1 Å². The fraction of sp³-hybridized carbons (Fsp3) is 0.440. The summed E-state index contributed by atoms with van der Waals surface area (Å²) in [5.41, 5.74) is 10.6. The molecule has 2 fully saturated rings. The quantitative estimate of drug-likeness (QED) is 0.743. The predicted octanol–water partition coefficient (Wildman–Crippen LogP) is 3.87. The van der Waals surface area contributed by atoms with Gasteiger partial charge in [-0.05, 0) is 47.9 Å². The Morgan fingerprint density at radius 1 is 1.00 bits per heavy atom. The van der Waals surface area contributed by atoms with Crippen LogP contribution in [0.3, 0.4) is 0 Å². The van der Waals surface area contributed by atoms with Gasteiger partial charge < -0.3 is 25.4 Å². The third-order valence-corrected chi connectivity index (χ3v) is 7.31. The monoisotopic (exact) mass is 435 g/mol. The van der Waals surface area contributed by atoms with Crippen molar-refractivity contribution in [2.45, 2.75) is 49.7 Å². The second-order valence-electron chi connectivity index (χ2n) is 8.99. The minimum Gasteiger partial charge on any atom is -0.465 e. The molecule has 2 atom stereocenters. The van der Waals surface area contributed by atoms with Crippen LogP contribution in [0, 0.1) is 0 Å². The van der Waals surface area contributed by atoms with Crippen molar-refractivity contribution in [3.63, 3.8) is 0 Å². The molecule has 0 aromatic heterocycles. The first-order valence-corrected chi connectivity index (χ1v) is 11.4. The van der Waals surface area contributed by atoms with E-state index in [1.807, 2.05) is 24.3 Å². The molecular formula is C25H29N3O4. The van der Waals surface area contributed by atoms with Crippen LogP contribution in [0.2, 0.25) is 0 Å². The van der Waals surface area contributed by atoms with Crippen LogP contribution < -0.4 is 5.73 Å². The van der Waals surface area contributed by atoms with Crippen molar-refractivity contribution in [2.75, 3.05) is 19.7 Å². The van der Waals surface area contributed by atoms with Crippen molar-refractivity contribution < 1.29 is 19.4 Å². The molecule has 2 amide bonds. The fourth-order valence-corrected chi connectivity index (χ4v) is 5.95. The lowest BCUT2D eigenvalue weighted by atomic mass is 9.96. The number of nitrogens with zero attached hydrogens (tertiary/aromatic N) is 2. The van der Waals surface area contributed by atoms with E-state index >= 15 is 0 Å². The Labute approximate surface area is 187 Å². The van der Waals surface area contributed by atoms with E-state index in [2.05, 4.69) is 24.3 Å². The summed E-state index contributed by atoms with van der Waals surface area (Å²) in [6.07, 6.45) is 1.79. The fourth-order valence-electron chi connectivity index (χ4n) is 5.95. The topological polar surface area (TPSA) is 96.1 Å². The van der Waals surface area contributed by atoms with E-state index in [0.29, 0.717) is 25.9 Å². The number of ether oxygens (including phenoxy) is 1. The van der Waals surface area contributed by atoms with E-state index in [-0.39, 0.29) is 36.7 Å². The first-order chi connectivity index (χ1) is 15.6. The summed E-state index contributed by atoms with van der Waals surface area (Å²) in [7, 11) is 0. The number of hydrogen-bond acceptors (Lipinski definition) is 4. The van der Waals surface area contributed by atoms with Gasteiger partial charge in [-0.25, -0.2) is 9.59 Å². The van der Waals surface area contributed by atoms with Crippen LogP contribution in [0.25, 0.3) is 11.1 Å². The lowest BCUT2D eigenvalue weighted by Crippen LogP contribution is -2.54. The normalized spacial score (nSPS) is 23.5. The largest absolute Gasteiger partial charge is 0.465 e. The number of hydrogen-bond donors (Lipinski definition) is 2.